The molecular weight excluding hydrogens is 659 g/mol. The maximum absolute atomic E-state index is 14.6. The van der Waals surface area contributed by atoms with Crippen molar-refractivity contribution >= 4 is 32.0 Å². The lowest BCUT2D eigenvalue weighted by molar-refractivity contribution is -0.141. The van der Waals surface area contributed by atoms with E-state index >= 15 is 0 Å². The molecule has 0 aliphatic carbocycles. The molecule has 5 unspecified atom stereocenters. The van der Waals surface area contributed by atoms with Gasteiger partial charge in [-0.25, -0.2) is 4.79 Å². The van der Waals surface area contributed by atoms with Crippen LogP contribution in [0.4, 0.5) is 4.79 Å². The van der Waals surface area contributed by atoms with Gasteiger partial charge in [-0.05, 0) is 60.9 Å². The molecule has 1 aliphatic rings. The van der Waals surface area contributed by atoms with Gasteiger partial charge in [0.25, 0.3) is 0 Å². The van der Waals surface area contributed by atoms with Crippen molar-refractivity contribution in [3.63, 3.8) is 0 Å². The van der Waals surface area contributed by atoms with E-state index in [4.69, 9.17) is 9.16 Å². The first-order valence-electron chi connectivity index (χ1n) is 18.9. The summed E-state index contributed by atoms with van der Waals surface area (Å²) in [5, 5.41) is 6.21. The number of amides is 3. The minimum atomic E-state index is -2.44. The Balaban J connectivity index is 2.04. The van der Waals surface area contributed by atoms with Gasteiger partial charge in [-0.1, -0.05) is 115 Å². The molecule has 1 saturated heterocycles. The lowest BCUT2D eigenvalue weighted by atomic mass is 9.88. The van der Waals surface area contributed by atoms with Crippen molar-refractivity contribution in [1.82, 2.24) is 15.5 Å². The first-order valence-corrected chi connectivity index (χ1v) is 21.9. The second-order valence-corrected chi connectivity index (χ2v) is 20.5. The molecule has 3 amide bonds. The Kier molecular flexibility index (Phi) is 16.4. The van der Waals surface area contributed by atoms with Gasteiger partial charge in [0.2, 0.25) is 11.8 Å². The number of carbonyl (C=O) groups excluding carboxylic acids is 4. The van der Waals surface area contributed by atoms with Crippen molar-refractivity contribution in [3.05, 3.63) is 71.8 Å². The van der Waals surface area contributed by atoms with Crippen LogP contribution < -0.4 is 10.6 Å². The molecule has 0 saturated carbocycles. The van der Waals surface area contributed by atoms with E-state index in [1.54, 1.807) is 4.90 Å². The Hall–Kier alpha value is -3.50. The number of rotatable bonds is 18. The number of unbranched alkanes of at least 4 members (excludes halogenated alkanes) is 1. The van der Waals surface area contributed by atoms with E-state index in [0.717, 1.165) is 24.0 Å². The van der Waals surface area contributed by atoms with Gasteiger partial charge in [0.05, 0.1) is 18.8 Å². The highest BCUT2D eigenvalue weighted by Gasteiger charge is 2.43. The van der Waals surface area contributed by atoms with Gasteiger partial charge in [0, 0.05) is 31.8 Å². The Labute approximate surface area is 307 Å². The Morgan fingerprint density at radius 3 is 1.98 bits per heavy atom. The summed E-state index contributed by atoms with van der Waals surface area (Å²) in [4.78, 5) is 55.4. The number of hydrogen-bond acceptors (Lipinski definition) is 6. The van der Waals surface area contributed by atoms with E-state index in [9.17, 15) is 19.2 Å². The normalized spacial score (nSPS) is 16.8. The SMILES string of the molecule is CCCCOC(=O)NC(Cc1ccccc1)C(CC(Cc1ccccc1)C(=O)NC(C(=O)N1CCC(=O)CC1)C(C)CC)O[Si](C)(C)C(C)(C)C. The van der Waals surface area contributed by atoms with Crippen molar-refractivity contribution in [1.29, 1.82) is 0 Å². The predicted octanol–water partition coefficient (Wildman–Crippen LogP) is 7.49. The number of likely N-dealkylation sites (tertiary alicyclic amines) is 1. The van der Waals surface area contributed by atoms with Crippen molar-refractivity contribution in [3.8, 4) is 0 Å². The highest BCUT2D eigenvalue weighted by molar-refractivity contribution is 6.74. The van der Waals surface area contributed by atoms with Crippen LogP contribution in [0.2, 0.25) is 18.1 Å². The molecule has 5 atom stereocenters. The number of nitrogens with one attached hydrogen (secondary N) is 2. The molecule has 51 heavy (non-hydrogen) atoms. The second kappa shape index (κ2) is 19.9. The van der Waals surface area contributed by atoms with Crippen LogP contribution in [0.3, 0.4) is 0 Å². The number of ketones is 1. The van der Waals surface area contributed by atoms with E-state index in [2.05, 4.69) is 44.5 Å². The summed E-state index contributed by atoms with van der Waals surface area (Å²) in [5.41, 5.74) is 2.03. The third-order valence-electron chi connectivity index (χ3n) is 10.7. The highest BCUT2D eigenvalue weighted by atomic mass is 28.4. The molecule has 282 valence electrons. The fourth-order valence-corrected chi connectivity index (χ4v) is 7.46. The van der Waals surface area contributed by atoms with Crippen molar-refractivity contribution < 1.29 is 28.3 Å². The lowest BCUT2D eigenvalue weighted by Gasteiger charge is -2.42. The molecule has 0 bridgehead atoms. The number of alkyl carbamates (subject to hydrolysis) is 1. The summed E-state index contributed by atoms with van der Waals surface area (Å²) in [5.74, 6) is -0.886. The summed E-state index contributed by atoms with van der Waals surface area (Å²) < 4.78 is 12.8. The minimum Gasteiger partial charge on any atom is -0.450 e. The van der Waals surface area contributed by atoms with Crippen LogP contribution in [-0.4, -0.2) is 74.8 Å². The number of piperidine rings is 1. The fourth-order valence-electron chi connectivity index (χ4n) is 6.08. The molecule has 1 fully saturated rings. The average Bonchev–Trinajstić information content (AvgIpc) is 3.09. The van der Waals surface area contributed by atoms with E-state index in [0.29, 0.717) is 58.2 Å². The van der Waals surface area contributed by atoms with Crippen LogP contribution in [0.25, 0.3) is 0 Å². The summed E-state index contributed by atoms with van der Waals surface area (Å²) in [7, 11) is -2.44. The quantitative estimate of drug-likeness (QED) is 0.122. The monoisotopic (exact) mass is 721 g/mol. The molecule has 2 aromatic rings. The number of nitrogens with zero attached hydrogens (tertiary/aromatic N) is 1. The summed E-state index contributed by atoms with van der Waals surface area (Å²) in [6.07, 6.45) is 3.27. The Morgan fingerprint density at radius 1 is 0.882 bits per heavy atom. The average molecular weight is 722 g/mol. The van der Waals surface area contributed by atoms with Crippen LogP contribution in [0, 0.1) is 11.8 Å². The van der Waals surface area contributed by atoms with Crippen molar-refractivity contribution in [2.24, 2.45) is 11.8 Å². The van der Waals surface area contributed by atoms with E-state index in [-0.39, 0.29) is 28.6 Å². The number of hydrogen-bond donors (Lipinski definition) is 2. The number of carbonyl (C=O) groups is 4. The molecule has 9 nitrogen and oxygen atoms in total. The van der Waals surface area contributed by atoms with Gasteiger partial charge in [-0.2, -0.15) is 0 Å². The van der Waals surface area contributed by atoms with Gasteiger partial charge in [0.15, 0.2) is 8.32 Å². The zero-order valence-electron chi connectivity index (χ0n) is 32.3. The summed E-state index contributed by atoms with van der Waals surface area (Å²) in [6.45, 7) is 18.0. The molecular formula is C41H63N3O6Si. The molecule has 1 heterocycles. The molecule has 3 rings (SSSR count). The fraction of sp³-hybridized carbons (Fsp3) is 0.610. The largest absolute Gasteiger partial charge is 0.450 e. The van der Waals surface area contributed by atoms with Gasteiger partial charge >= 0.3 is 6.09 Å². The first-order chi connectivity index (χ1) is 24.1. The van der Waals surface area contributed by atoms with Crippen LogP contribution in [-0.2, 0) is 36.4 Å². The van der Waals surface area contributed by atoms with Crippen LogP contribution in [0.1, 0.15) is 91.2 Å². The standard InChI is InChI=1S/C41H63N3O6Si/c1-9-11-26-49-40(48)42-35(28-32-20-16-13-17-21-32)36(50-51(7,8)41(4,5)6)29-33(27-31-18-14-12-15-19-31)38(46)43-37(30(3)10-2)39(47)44-24-22-34(45)23-25-44/h12-21,30,33,35-37H,9-11,22-29H2,1-8H3,(H,42,48)(H,43,46). The van der Waals surface area contributed by atoms with Crippen LogP contribution >= 0.6 is 0 Å². The van der Waals surface area contributed by atoms with Crippen LogP contribution in [0.5, 0.6) is 0 Å². The van der Waals surface area contributed by atoms with E-state index in [1.165, 1.54) is 0 Å². The third kappa shape index (κ3) is 13.2. The smallest absolute Gasteiger partial charge is 0.407 e. The zero-order valence-corrected chi connectivity index (χ0v) is 33.3. The summed E-state index contributed by atoms with van der Waals surface area (Å²) >= 11 is 0. The number of ether oxygens (including phenoxy) is 1. The van der Waals surface area contributed by atoms with E-state index in [1.807, 2.05) is 81.4 Å². The predicted molar refractivity (Wildman–Crippen MR) is 206 cm³/mol. The molecule has 2 N–H and O–H groups in total. The molecule has 10 heteroatoms. The van der Waals surface area contributed by atoms with Crippen molar-refractivity contribution in [2.45, 2.75) is 129 Å². The minimum absolute atomic E-state index is 0.110. The second-order valence-electron chi connectivity index (χ2n) is 15.7. The highest BCUT2D eigenvalue weighted by Crippen LogP contribution is 2.39. The first kappa shape index (κ1) is 41.9. The zero-order chi connectivity index (χ0) is 37.6. The molecule has 2 aromatic carbocycles. The van der Waals surface area contributed by atoms with Gasteiger partial charge in [-0.3, -0.25) is 14.4 Å². The van der Waals surface area contributed by atoms with Crippen molar-refractivity contribution in [2.75, 3.05) is 19.7 Å². The van der Waals surface area contributed by atoms with Gasteiger partial charge in [-0.15, -0.1) is 0 Å². The number of benzene rings is 2. The van der Waals surface area contributed by atoms with E-state index < -0.39 is 38.5 Å². The van der Waals surface area contributed by atoms with Gasteiger partial charge < -0.3 is 24.7 Å². The Bertz CT molecular complexity index is 1390. The third-order valence-corrected chi connectivity index (χ3v) is 15.2. The molecule has 0 spiro atoms. The molecule has 0 aromatic heterocycles. The Morgan fingerprint density at radius 2 is 1.45 bits per heavy atom. The van der Waals surface area contributed by atoms with Gasteiger partial charge in [0.1, 0.15) is 11.8 Å². The lowest BCUT2D eigenvalue weighted by Crippen LogP contribution is -2.56. The summed E-state index contributed by atoms with van der Waals surface area (Å²) in [6, 6.07) is 18.7. The molecule has 1 aliphatic heterocycles. The molecule has 0 radical (unpaired) electrons. The maximum atomic E-state index is 14.6. The maximum Gasteiger partial charge on any atom is 0.407 e. The topological polar surface area (TPSA) is 114 Å². The number of Topliss-reactive ketones (excluding diaryl/α,β-unsaturated/α-hetero) is 1. The van der Waals surface area contributed by atoms with Crippen LogP contribution in [0.15, 0.2) is 60.7 Å².